The normalized spacial score (nSPS) is 15.0. The summed E-state index contributed by atoms with van der Waals surface area (Å²) < 4.78 is 0. The third-order valence-electron chi connectivity index (χ3n) is 4.66. The fourth-order valence-electron chi connectivity index (χ4n) is 3.15. The first kappa shape index (κ1) is 18.0. The Morgan fingerprint density at radius 2 is 1.77 bits per heavy atom. The summed E-state index contributed by atoms with van der Waals surface area (Å²) in [4.78, 5) is 26.2. The first-order valence-electron chi connectivity index (χ1n) is 8.99. The molecule has 5 heteroatoms. The Kier molecular flexibility index (Phi) is 5.26. The molecule has 0 aliphatic carbocycles. The van der Waals surface area contributed by atoms with Crippen LogP contribution in [0.2, 0.25) is 0 Å². The van der Waals surface area contributed by atoms with E-state index in [0.717, 1.165) is 41.2 Å². The summed E-state index contributed by atoms with van der Waals surface area (Å²) in [6.45, 7) is 6.61. The quantitative estimate of drug-likeness (QED) is 0.860. The standard InChI is InChI=1S/C21H25N3O2/c1-14-6-8-17(9-7-14)23-21(26)16(3)22-18-10-11-19(15(2)13-18)24-12-4-5-20(24)25/h6-11,13,16,22H,4-5,12H2,1-3H3,(H,23,26)/t16-/m0/s1. The maximum atomic E-state index is 12.4. The summed E-state index contributed by atoms with van der Waals surface area (Å²) in [6.07, 6.45) is 1.53. The van der Waals surface area contributed by atoms with Crippen molar-refractivity contribution >= 4 is 28.9 Å². The summed E-state index contributed by atoms with van der Waals surface area (Å²) in [7, 11) is 0. The number of anilines is 3. The van der Waals surface area contributed by atoms with Gasteiger partial charge in [-0.15, -0.1) is 0 Å². The number of benzene rings is 2. The van der Waals surface area contributed by atoms with Crippen LogP contribution < -0.4 is 15.5 Å². The molecule has 1 heterocycles. The van der Waals surface area contributed by atoms with Gasteiger partial charge >= 0.3 is 0 Å². The Hall–Kier alpha value is -2.82. The molecule has 2 amide bonds. The smallest absolute Gasteiger partial charge is 0.246 e. The van der Waals surface area contributed by atoms with Crippen molar-refractivity contribution in [1.29, 1.82) is 0 Å². The summed E-state index contributed by atoms with van der Waals surface area (Å²) >= 11 is 0. The van der Waals surface area contributed by atoms with Crippen molar-refractivity contribution in [2.24, 2.45) is 0 Å². The summed E-state index contributed by atoms with van der Waals surface area (Å²) in [5.41, 5.74) is 4.78. The second-order valence-electron chi connectivity index (χ2n) is 6.87. The Bertz CT molecular complexity index is 815. The number of carbonyl (C=O) groups excluding carboxylic acids is 2. The highest BCUT2D eigenvalue weighted by atomic mass is 16.2. The SMILES string of the molecule is Cc1ccc(NC(=O)[C@H](C)Nc2ccc(N3CCCC3=O)c(C)c2)cc1. The molecule has 1 fully saturated rings. The van der Waals surface area contributed by atoms with E-state index < -0.39 is 0 Å². The number of amides is 2. The zero-order valence-corrected chi connectivity index (χ0v) is 15.5. The second-order valence-corrected chi connectivity index (χ2v) is 6.87. The summed E-state index contributed by atoms with van der Waals surface area (Å²) in [6, 6.07) is 13.2. The molecule has 1 aliphatic rings. The minimum Gasteiger partial charge on any atom is -0.374 e. The zero-order chi connectivity index (χ0) is 18.7. The number of carbonyl (C=O) groups is 2. The average Bonchev–Trinajstić information content (AvgIpc) is 3.03. The first-order valence-corrected chi connectivity index (χ1v) is 8.99. The highest BCUT2D eigenvalue weighted by Crippen LogP contribution is 2.27. The van der Waals surface area contributed by atoms with Crippen molar-refractivity contribution in [3.05, 3.63) is 53.6 Å². The van der Waals surface area contributed by atoms with Crippen LogP contribution >= 0.6 is 0 Å². The number of rotatable bonds is 5. The van der Waals surface area contributed by atoms with Gasteiger partial charge in [0.15, 0.2) is 0 Å². The Morgan fingerprint density at radius 3 is 2.38 bits per heavy atom. The monoisotopic (exact) mass is 351 g/mol. The molecular weight excluding hydrogens is 326 g/mol. The molecule has 136 valence electrons. The molecule has 2 aromatic carbocycles. The van der Waals surface area contributed by atoms with Crippen LogP contribution in [0.15, 0.2) is 42.5 Å². The Morgan fingerprint density at radius 1 is 1.08 bits per heavy atom. The lowest BCUT2D eigenvalue weighted by Gasteiger charge is -2.20. The predicted molar refractivity (Wildman–Crippen MR) is 106 cm³/mol. The van der Waals surface area contributed by atoms with Gasteiger partial charge in [-0.05, 0) is 63.1 Å². The Labute approximate surface area is 154 Å². The van der Waals surface area contributed by atoms with Crippen LogP contribution in [0, 0.1) is 13.8 Å². The summed E-state index contributed by atoms with van der Waals surface area (Å²) in [5, 5.41) is 6.14. The van der Waals surface area contributed by atoms with Crippen molar-refractivity contribution in [1.82, 2.24) is 0 Å². The van der Waals surface area contributed by atoms with Crippen molar-refractivity contribution in [2.45, 2.75) is 39.7 Å². The molecule has 0 bridgehead atoms. The number of hydrogen-bond acceptors (Lipinski definition) is 3. The van der Waals surface area contributed by atoms with Gasteiger partial charge in [-0.25, -0.2) is 0 Å². The van der Waals surface area contributed by atoms with Gasteiger partial charge in [0.2, 0.25) is 11.8 Å². The van der Waals surface area contributed by atoms with E-state index in [0.29, 0.717) is 6.42 Å². The van der Waals surface area contributed by atoms with Crippen LogP contribution in [0.1, 0.15) is 30.9 Å². The molecule has 2 aromatic rings. The molecule has 1 saturated heterocycles. The maximum Gasteiger partial charge on any atom is 0.246 e. The van der Waals surface area contributed by atoms with Gasteiger partial charge in [0, 0.05) is 30.0 Å². The number of nitrogens with one attached hydrogen (secondary N) is 2. The minimum atomic E-state index is -0.380. The molecule has 0 radical (unpaired) electrons. The van der Waals surface area contributed by atoms with Crippen molar-refractivity contribution in [3.63, 3.8) is 0 Å². The lowest BCUT2D eigenvalue weighted by Crippen LogP contribution is -2.32. The Balaban J connectivity index is 1.64. The van der Waals surface area contributed by atoms with E-state index in [4.69, 9.17) is 0 Å². The lowest BCUT2D eigenvalue weighted by atomic mass is 10.1. The van der Waals surface area contributed by atoms with Crippen molar-refractivity contribution < 1.29 is 9.59 Å². The predicted octanol–water partition coefficient (Wildman–Crippen LogP) is 3.87. The van der Waals surface area contributed by atoms with Crippen LogP contribution in [0.4, 0.5) is 17.1 Å². The van der Waals surface area contributed by atoms with Gasteiger partial charge < -0.3 is 15.5 Å². The van der Waals surface area contributed by atoms with Crippen molar-refractivity contribution in [3.8, 4) is 0 Å². The van der Waals surface area contributed by atoms with E-state index in [1.54, 1.807) is 0 Å². The molecule has 1 aliphatic heterocycles. The van der Waals surface area contributed by atoms with E-state index in [1.165, 1.54) is 0 Å². The van der Waals surface area contributed by atoms with E-state index in [-0.39, 0.29) is 17.9 Å². The van der Waals surface area contributed by atoms with Crippen molar-refractivity contribution in [2.75, 3.05) is 22.1 Å². The third kappa shape index (κ3) is 4.04. The average molecular weight is 351 g/mol. The topological polar surface area (TPSA) is 61.4 Å². The number of nitrogens with zero attached hydrogens (tertiary/aromatic N) is 1. The molecule has 5 nitrogen and oxygen atoms in total. The van der Waals surface area contributed by atoms with E-state index >= 15 is 0 Å². The summed E-state index contributed by atoms with van der Waals surface area (Å²) in [5.74, 6) is 0.0879. The number of aryl methyl sites for hydroxylation is 2. The third-order valence-corrected chi connectivity index (χ3v) is 4.66. The van der Waals surface area contributed by atoms with Crippen LogP contribution in [-0.2, 0) is 9.59 Å². The molecule has 0 aromatic heterocycles. The molecule has 26 heavy (non-hydrogen) atoms. The second kappa shape index (κ2) is 7.60. The molecule has 2 N–H and O–H groups in total. The largest absolute Gasteiger partial charge is 0.374 e. The fourth-order valence-corrected chi connectivity index (χ4v) is 3.15. The fraction of sp³-hybridized carbons (Fsp3) is 0.333. The molecule has 0 spiro atoms. The van der Waals surface area contributed by atoms with Gasteiger partial charge in [-0.3, -0.25) is 9.59 Å². The van der Waals surface area contributed by atoms with E-state index in [2.05, 4.69) is 10.6 Å². The van der Waals surface area contributed by atoms with E-state index in [9.17, 15) is 9.59 Å². The molecule has 1 atom stereocenters. The van der Waals surface area contributed by atoms with Gasteiger partial charge in [0.05, 0.1) is 0 Å². The van der Waals surface area contributed by atoms with Gasteiger partial charge in [-0.2, -0.15) is 0 Å². The van der Waals surface area contributed by atoms with E-state index in [1.807, 2.05) is 68.1 Å². The van der Waals surface area contributed by atoms with Crippen LogP contribution in [0.3, 0.4) is 0 Å². The van der Waals surface area contributed by atoms with Crippen LogP contribution in [-0.4, -0.2) is 24.4 Å². The molecular formula is C21H25N3O2. The molecule has 0 unspecified atom stereocenters. The molecule has 0 saturated carbocycles. The first-order chi connectivity index (χ1) is 12.4. The molecule has 3 rings (SSSR count). The minimum absolute atomic E-state index is 0.0923. The van der Waals surface area contributed by atoms with Crippen LogP contribution in [0.25, 0.3) is 0 Å². The van der Waals surface area contributed by atoms with Gasteiger partial charge in [0.25, 0.3) is 0 Å². The highest BCUT2D eigenvalue weighted by Gasteiger charge is 2.23. The zero-order valence-electron chi connectivity index (χ0n) is 15.5. The van der Waals surface area contributed by atoms with Gasteiger partial charge in [0.1, 0.15) is 6.04 Å². The number of hydrogen-bond donors (Lipinski definition) is 2. The highest BCUT2D eigenvalue weighted by molar-refractivity contribution is 5.97. The lowest BCUT2D eigenvalue weighted by molar-refractivity contribution is -0.117. The van der Waals surface area contributed by atoms with Gasteiger partial charge in [-0.1, -0.05) is 17.7 Å². The maximum absolute atomic E-state index is 12.4. The van der Waals surface area contributed by atoms with Crippen LogP contribution in [0.5, 0.6) is 0 Å².